The number of carbonyl (C=O) groups excluding carboxylic acids is 1. The molecule has 0 aliphatic carbocycles. The highest BCUT2D eigenvalue weighted by Gasteiger charge is 2.28. The van der Waals surface area contributed by atoms with Crippen LogP contribution < -0.4 is 5.32 Å². The van der Waals surface area contributed by atoms with Crippen LogP contribution in [0.2, 0.25) is 0 Å². The Kier molecular flexibility index (Phi) is 32.3. The van der Waals surface area contributed by atoms with Crippen molar-refractivity contribution in [3.05, 3.63) is 0 Å². The van der Waals surface area contributed by atoms with Gasteiger partial charge in [-0.3, -0.25) is 9.35 Å². The summed E-state index contributed by atoms with van der Waals surface area (Å²) in [7, 11) is -4.40. The number of nitrogens with one attached hydrogen (secondary N) is 1. The zero-order valence-electron chi connectivity index (χ0n) is 30.3. The van der Waals surface area contributed by atoms with Crippen LogP contribution in [-0.4, -0.2) is 53.1 Å². The molecule has 4 N–H and O–H groups in total. The van der Waals surface area contributed by atoms with Crippen LogP contribution in [0.5, 0.6) is 0 Å². The lowest BCUT2D eigenvalue weighted by Gasteiger charge is -2.24. The third kappa shape index (κ3) is 31.9. The minimum Gasteiger partial charge on any atom is -0.391 e. The minimum absolute atomic E-state index is 0.302. The number of rotatable bonds is 36. The normalized spacial score (nSPS) is 13.9. The summed E-state index contributed by atoms with van der Waals surface area (Å²) >= 11 is 0. The van der Waals surface area contributed by atoms with Gasteiger partial charge in [0, 0.05) is 0 Å². The van der Waals surface area contributed by atoms with E-state index in [0.717, 1.165) is 51.4 Å². The second kappa shape index (κ2) is 32.8. The lowest BCUT2D eigenvalue weighted by Crippen LogP contribution is -2.50. The molecule has 0 aromatic carbocycles. The molecule has 3 atom stereocenters. The molecule has 0 aliphatic rings. The van der Waals surface area contributed by atoms with Crippen LogP contribution in [0, 0.1) is 0 Å². The fourth-order valence-electron chi connectivity index (χ4n) is 6.34. The Morgan fingerprint density at radius 2 is 0.783 bits per heavy atom. The standard InChI is InChI=1S/C38H77NO6S/c1-3-5-7-9-11-13-15-16-17-18-19-20-21-23-24-26-28-30-32-36(40)35(34-46(43,44)45)39-38(42)37(41)33-31-29-27-25-22-14-12-10-8-6-4-2/h35-37,40-41H,3-34H2,1-2H3,(H,39,42)(H,43,44,45). The average Bonchev–Trinajstić information content (AvgIpc) is 3.01. The molecule has 1 amide bonds. The number of aliphatic hydroxyl groups excluding tert-OH is 2. The second-order valence-corrected chi connectivity index (χ2v) is 15.6. The van der Waals surface area contributed by atoms with Gasteiger partial charge in [0.25, 0.3) is 10.1 Å². The van der Waals surface area contributed by atoms with Crippen LogP contribution in [0.3, 0.4) is 0 Å². The van der Waals surface area contributed by atoms with Gasteiger partial charge in [-0.05, 0) is 12.8 Å². The Labute approximate surface area is 285 Å². The molecule has 7 nitrogen and oxygen atoms in total. The molecular formula is C38H77NO6S. The van der Waals surface area contributed by atoms with E-state index < -0.39 is 40.0 Å². The van der Waals surface area contributed by atoms with Crippen LogP contribution in [0.4, 0.5) is 0 Å². The van der Waals surface area contributed by atoms with Crippen LogP contribution in [-0.2, 0) is 14.9 Å². The Hall–Kier alpha value is -0.700. The van der Waals surface area contributed by atoms with Gasteiger partial charge in [-0.15, -0.1) is 0 Å². The monoisotopic (exact) mass is 676 g/mol. The molecule has 0 saturated carbocycles. The number of unbranched alkanes of at least 4 members (excludes halogenated alkanes) is 27. The fraction of sp³-hybridized carbons (Fsp3) is 0.974. The van der Waals surface area contributed by atoms with Crippen molar-refractivity contribution in [2.75, 3.05) is 5.75 Å². The van der Waals surface area contributed by atoms with Gasteiger partial charge in [0.05, 0.1) is 17.9 Å². The first-order valence-electron chi connectivity index (χ1n) is 19.8. The van der Waals surface area contributed by atoms with E-state index in [4.69, 9.17) is 0 Å². The molecular weight excluding hydrogens is 598 g/mol. The summed E-state index contributed by atoms with van der Waals surface area (Å²) in [5.74, 6) is -1.44. The number of hydrogen-bond acceptors (Lipinski definition) is 5. The maximum Gasteiger partial charge on any atom is 0.266 e. The molecule has 0 aliphatic heterocycles. The van der Waals surface area contributed by atoms with Crippen LogP contribution in [0.25, 0.3) is 0 Å². The largest absolute Gasteiger partial charge is 0.391 e. The van der Waals surface area contributed by atoms with E-state index in [0.29, 0.717) is 12.8 Å². The SMILES string of the molecule is CCCCCCCCCCCCCCCCCCCCC(O)C(CS(=O)(=O)O)NC(=O)C(O)CCCCCCCCCCCCC. The lowest BCUT2D eigenvalue weighted by molar-refractivity contribution is -0.131. The van der Waals surface area contributed by atoms with E-state index in [1.807, 2.05) is 0 Å². The molecule has 3 unspecified atom stereocenters. The highest BCUT2D eigenvalue weighted by molar-refractivity contribution is 7.85. The van der Waals surface area contributed by atoms with E-state index >= 15 is 0 Å². The van der Waals surface area contributed by atoms with Crippen molar-refractivity contribution in [1.29, 1.82) is 0 Å². The lowest BCUT2D eigenvalue weighted by atomic mass is 10.0. The van der Waals surface area contributed by atoms with Gasteiger partial charge < -0.3 is 15.5 Å². The molecule has 0 rings (SSSR count). The molecule has 276 valence electrons. The molecule has 0 heterocycles. The van der Waals surface area contributed by atoms with E-state index in [9.17, 15) is 28.0 Å². The maximum atomic E-state index is 12.6. The summed E-state index contributed by atoms with van der Waals surface area (Å²) in [5, 5.41) is 23.5. The topological polar surface area (TPSA) is 124 Å². The third-order valence-electron chi connectivity index (χ3n) is 9.42. The van der Waals surface area contributed by atoms with Gasteiger partial charge in [0.2, 0.25) is 5.91 Å². The molecule has 0 bridgehead atoms. The van der Waals surface area contributed by atoms with Gasteiger partial charge in [0.1, 0.15) is 6.10 Å². The Morgan fingerprint density at radius 1 is 0.500 bits per heavy atom. The molecule has 0 aromatic heterocycles. The van der Waals surface area contributed by atoms with Gasteiger partial charge in [-0.2, -0.15) is 8.42 Å². The van der Waals surface area contributed by atoms with Crippen molar-refractivity contribution >= 4 is 16.0 Å². The summed E-state index contributed by atoms with van der Waals surface area (Å²) < 4.78 is 32.5. The van der Waals surface area contributed by atoms with Crippen LogP contribution in [0.15, 0.2) is 0 Å². The fourth-order valence-corrected chi connectivity index (χ4v) is 7.10. The molecule has 0 fully saturated rings. The molecule has 0 radical (unpaired) electrons. The van der Waals surface area contributed by atoms with E-state index in [2.05, 4.69) is 19.2 Å². The summed E-state index contributed by atoms with van der Waals surface area (Å²) in [6.07, 6.45) is 34.1. The van der Waals surface area contributed by atoms with Gasteiger partial charge in [0.15, 0.2) is 0 Å². The van der Waals surface area contributed by atoms with Gasteiger partial charge in [-0.1, -0.05) is 200 Å². The quantitative estimate of drug-likeness (QED) is 0.0387. The van der Waals surface area contributed by atoms with E-state index in [-0.39, 0.29) is 0 Å². The van der Waals surface area contributed by atoms with Crippen LogP contribution in [0.1, 0.15) is 213 Å². The highest BCUT2D eigenvalue weighted by atomic mass is 32.2. The van der Waals surface area contributed by atoms with Crippen molar-refractivity contribution < 1.29 is 28.0 Å². The first-order valence-corrected chi connectivity index (χ1v) is 21.4. The summed E-state index contributed by atoms with van der Waals surface area (Å²) in [6, 6.07) is -1.14. The van der Waals surface area contributed by atoms with Crippen molar-refractivity contribution in [3.8, 4) is 0 Å². The molecule has 46 heavy (non-hydrogen) atoms. The Balaban J connectivity index is 3.95. The third-order valence-corrected chi connectivity index (χ3v) is 10.2. The molecule has 0 saturated heterocycles. The Bertz CT molecular complexity index is 762. The molecule has 8 heteroatoms. The van der Waals surface area contributed by atoms with Crippen molar-refractivity contribution in [3.63, 3.8) is 0 Å². The van der Waals surface area contributed by atoms with Crippen molar-refractivity contribution in [2.45, 2.75) is 231 Å². The first-order chi connectivity index (χ1) is 22.2. The van der Waals surface area contributed by atoms with E-state index in [1.54, 1.807) is 0 Å². The first kappa shape index (κ1) is 45.3. The summed E-state index contributed by atoms with van der Waals surface area (Å²) in [6.45, 7) is 4.49. The predicted molar refractivity (Wildman–Crippen MR) is 195 cm³/mol. The summed E-state index contributed by atoms with van der Waals surface area (Å²) in [5.41, 5.74) is 0. The minimum atomic E-state index is -4.40. The number of aliphatic hydroxyl groups is 2. The summed E-state index contributed by atoms with van der Waals surface area (Å²) in [4.78, 5) is 12.6. The predicted octanol–water partition coefficient (Wildman–Crippen LogP) is 10.2. The molecule has 0 aromatic rings. The second-order valence-electron chi connectivity index (χ2n) is 14.1. The number of carbonyl (C=O) groups is 1. The van der Waals surface area contributed by atoms with E-state index in [1.165, 1.54) is 135 Å². The smallest absolute Gasteiger partial charge is 0.266 e. The Morgan fingerprint density at radius 3 is 1.09 bits per heavy atom. The number of amides is 1. The van der Waals surface area contributed by atoms with Crippen LogP contribution >= 0.6 is 0 Å². The zero-order chi connectivity index (χ0) is 34.1. The highest BCUT2D eigenvalue weighted by Crippen LogP contribution is 2.17. The average molecular weight is 676 g/mol. The molecule has 0 spiro atoms. The maximum absolute atomic E-state index is 12.6. The van der Waals surface area contributed by atoms with Crippen molar-refractivity contribution in [2.24, 2.45) is 0 Å². The van der Waals surface area contributed by atoms with Gasteiger partial charge >= 0.3 is 0 Å². The van der Waals surface area contributed by atoms with Crippen molar-refractivity contribution in [1.82, 2.24) is 5.32 Å². The number of hydrogen-bond donors (Lipinski definition) is 4. The van der Waals surface area contributed by atoms with Gasteiger partial charge in [-0.25, -0.2) is 0 Å². The zero-order valence-corrected chi connectivity index (χ0v) is 31.2.